The van der Waals surface area contributed by atoms with E-state index < -0.39 is 5.12 Å². The highest BCUT2D eigenvalue weighted by Crippen LogP contribution is 2.22. The van der Waals surface area contributed by atoms with Gasteiger partial charge in [-0.1, -0.05) is 64.4 Å². The zero-order valence-corrected chi connectivity index (χ0v) is 15.2. The Hall–Kier alpha value is -0.720. The summed E-state index contributed by atoms with van der Waals surface area (Å²) in [4.78, 5) is 12.0. The van der Waals surface area contributed by atoms with Gasteiger partial charge in [-0.3, -0.25) is 10.1 Å². The lowest BCUT2D eigenvalue weighted by Crippen LogP contribution is -2.74. The van der Waals surface area contributed by atoms with Crippen molar-refractivity contribution in [3.8, 4) is 0 Å². The van der Waals surface area contributed by atoms with Gasteiger partial charge in [-0.25, -0.2) is 0 Å². The van der Waals surface area contributed by atoms with Crippen molar-refractivity contribution in [1.82, 2.24) is 21.5 Å². The van der Waals surface area contributed by atoms with Crippen molar-refractivity contribution < 1.29 is 4.79 Å². The predicted molar refractivity (Wildman–Crippen MR) is 97.5 cm³/mol. The van der Waals surface area contributed by atoms with Crippen molar-refractivity contribution in [3.05, 3.63) is 12.3 Å². The molecule has 1 unspecified atom stereocenters. The van der Waals surface area contributed by atoms with Crippen LogP contribution in [0.3, 0.4) is 0 Å². The van der Waals surface area contributed by atoms with E-state index >= 15 is 0 Å². The Kier molecular flexibility index (Phi) is 7.73. The van der Waals surface area contributed by atoms with Crippen LogP contribution >= 0.6 is 11.8 Å². The zero-order chi connectivity index (χ0) is 16.5. The van der Waals surface area contributed by atoms with Crippen LogP contribution in [0.1, 0.15) is 70.6 Å². The lowest BCUT2D eigenvalue weighted by Gasteiger charge is -2.41. The molecule has 5 nitrogen and oxygen atoms in total. The number of hydrazine groups is 1. The van der Waals surface area contributed by atoms with E-state index in [0.29, 0.717) is 11.7 Å². The maximum absolute atomic E-state index is 12.0. The first kappa shape index (κ1) is 18.6. The first-order valence-electron chi connectivity index (χ1n) is 9.03. The van der Waals surface area contributed by atoms with Crippen LogP contribution in [0.15, 0.2) is 12.3 Å². The molecule has 1 saturated carbocycles. The Morgan fingerprint density at radius 3 is 2.04 bits per heavy atom. The fourth-order valence-corrected chi connectivity index (χ4v) is 3.95. The maximum atomic E-state index is 12.0. The summed E-state index contributed by atoms with van der Waals surface area (Å²) in [6.07, 6.45) is 16.4. The van der Waals surface area contributed by atoms with Gasteiger partial charge in [-0.15, -0.1) is 11.8 Å². The number of amides is 1. The molecular formula is C17H32N4OS. The van der Waals surface area contributed by atoms with Gasteiger partial charge < -0.3 is 10.7 Å². The van der Waals surface area contributed by atoms with Gasteiger partial charge in [0.05, 0.1) is 0 Å². The van der Waals surface area contributed by atoms with Crippen LogP contribution in [0, 0.1) is 0 Å². The minimum absolute atomic E-state index is 0.154. The molecule has 1 aliphatic heterocycles. The minimum Gasteiger partial charge on any atom is -0.313 e. The lowest BCUT2D eigenvalue weighted by molar-refractivity contribution is -0.121. The molecular weight excluding hydrogens is 308 g/mol. The van der Waals surface area contributed by atoms with Crippen LogP contribution in [0.4, 0.5) is 0 Å². The van der Waals surface area contributed by atoms with E-state index in [9.17, 15) is 4.79 Å². The van der Waals surface area contributed by atoms with Gasteiger partial charge in [-0.2, -0.15) is 5.43 Å². The number of carbonyl (C=O) groups excluding carboxylic acids is 1. The molecule has 1 saturated heterocycles. The summed E-state index contributed by atoms with van der Waals surface area (Å²) in [5.41, 5.74) is 6.42. The van der Waals surface area contributed by atoms with Crippen LogP contribution in [-0.2, 0) is 4.79 Å². The van der Waals surface area contributed by atoms with Crippen LogP contribution in [0.25, 0.3) is 0 Å². The van der Waals surface area contributed by atoms with Gasteiger partial charge in [0, 0.05) is 6.04 Å². The molecule has 23 heavy (non-hydrogen) atoms. The Labute approximate surface area is 144 Å². The lowest BCUT2D eigenvalue weighted by atomic mass is 9.98. The molecule has 0 aromatic carbocycles. The van der Waals surface area contributed by atoms with Gasteiger partial charge in [0.1, 0.15) is 5.70 Å². The second-order valence-electron chi connectivity index (χ2n) is 6.67. The smallest absolute Gasteiger partial charge is 0.271 e. The first-order chi connectivity index (χ1) is 11.2. The molecule has 0 spiro atoms. The van der Waals surface area contributed by atoms with Crippen molar-refractivity contribution in [2.75, 3.05) is 6.26 Å². The molecule has 4 N–H and O–H groups in total. The van der Waals surface area contributed by atoms with Crippen molar-refractivity contribution >= 4 is 17.7 Å². The fraction of sp³-hybridized carbons (Fsp3) is 0.824. The number of hydrogen-bond donors (Lipinski definition) is 4. The van der Waals surface area contributed by atoms with Crippen molar-refractivity contribution in [2.24, 2.45) is 0 Å². The van der Waals surface area contributed by atoms with Crippen molar-refractivity contribution in [2.45, 2.75) is 81.8 Å². The maximum Gasteiger partial charge on any atom is 0.271 e. The second-order valence-corrected chi connectivity index (χ2v) is 7.69. The highest BCUT2D eigenvalue weighted by atomic mass is 32.2. The summed E-state index contributed by atoms with van der Waals surface area (Å²) in [7, 11) is 0. The SMILES string of the molecule is C=C1NNC(NC2CCCCCCCCCCC2)(SC)NC1=O. The average Bonchev–Trinajstić information content (AvgIpc) is 2.54. The Balaban J connectivity index is 1.92. The Morgan fingerprint density at radius 2 is 1.57 bits per heavy atom. The van der Waals surface area contributed by atoms with E-state index in [0.717, 1.165) is 0 Å². The average molecular weight is 341 g/mol. The van der Waals surface area contributed by atoms with Crippen molar-refractivity contribution in [1.29, 1.82) is 0 Å². The number of thioether (sulfide) groups is 1. The summed E-state index contributed by atoms with van der Waals surface area (Å²) in [5.74, 6) is -0.154. The van der Waals surface area contributed by atoms with Crippen molar-refractivity contribution in [3.63, 3.8) is 0 Å². The van der Waals surface area contributed by atoms with E-state index in [2.05, 4.69) is 28.1 Å². The molecule has 1 heterocycles. The standard InChI is InChI=1S/C17H32N4OS/c1-14-16(22)19-17(23-2,21-20-14)18-15-12-10-8-6-4-3-5-7-9-11-13-15/h15,18,20-21H,1,3-13H2,2H3,(H,19,22). The van der Waals surface area contributed by atoms with E-state index in [4.69, 9.17) is 0 Å². The summed E-state index contributed by atoms with van der Waals surface area (Å²) in [5, 5.41) is 5.99. The summed E-state index contributed by atoms with van der Waals surface area (Å²) in [6, 6.07) is 0.419. The molecule has 6 heteroatoms. The van der Waals surface area contributed by atoms with Crippen LogP contribution in [-0.4, -0.2) is 23.3 Å². The quantitative estimate of drug-likeness (QED) is 0.470. The van der Waals surface area contributed by atoms with Gasteiger partial charge in [0.15, 0.2) is 0 Å². The molecule has 2 fully saturated rings. The molecule has 2 rings (SSSR count). The third-order valence-corrected chi connectivity index (χ3v) is 5.71. The third-order valence-electron chi connectivity index (χ3n) is 4.77. The van der Waals surface area contributed by atoms with E-state index in [-0.39, 0.29) is 5.91 Å². The number of nitrogens with one attached hydrogen (secondary N) is 4. The molecule has 2 aliphatic rings. The highest BCUT2D eigenvalue weighted by Gasteiger charge is 2.37. The van der Waals surface area contributed by atoms with Crippen LogP contribution in [0.2, 0.25) is 0 Å². The molecule has 132 valence electrons. The highest BCUT2D eigenvalue weighted by molar-refractivity contribution is 7.99. The summed E-state index contributed by atoms with van der Waals surface area (Å²) < 4.78 is 0. The monoisotopic (exact) mass is 340 g/mol. The number of carbonyl (C=O) groups is 1. The predicted octanol–water partition coefficient (Wildman–Crippen LogP) is 2.96. The molecule has 0 radical (unpaired) electrons. The van der Waals surface area contributed by atoms with Gasteiger partial charge in [-0.05, 0) is 19.1 Å². The summed E-state index contributed by atoms with van der Waals surface area (Å²) >= 11 is 1.56. The Morgan fingerprint density at radius 1 is 1.04 bits per heavy atom. The topological polar surface area (TPSA) is 65.2 Å². The van der Waals surface area contributed by atoms with Gasteiger partial charge in [0.2, 0.25) is 5.12 Å². The third kappa shape index (κ3) is 6.01. The first-order valence-corrected chi connectivity index (χ1v) is 10.2. The molecule has 1 aliphatic carbocycles. The van der Waals surface area contributed by atoms with Crippen LogP contribution < -0.4 is 21.5 Å². The Bertz CT molecular complexity index is 392. The number of hydrogen-bond acceptors (Lipinski definition) is 5. The molecule has 0 bridgehead atoms. The zero-order valence-electron chi connectivity index (χ0n) is 14.4. The largest absolute Gasteiger partial charge is 0.313 e. The normalized spacial score (nSPS) is 29.1. The van der Waals surface area contributed by atoms with Gasteiger partial charge in [0.25, 0.3) is 5.91 Å². The molecule has 1 atom stereocenters. The minimum atomic E-state index is -0.653. The van der Waals surface area contributed by atoms with E-state index in [1.165, 1.54) is 70.6 Å². The fourth-order valence-electron chi connectivity index (χ4n) is 3.31. The van der Waals surface area contributed by atoms with E-state index in [1.807, 2.05) is 6.26 Å². The molecule has 0 aromatic heterocycles. The van der Waals surface area contributed by atoms with Gasteiger partial charge >= 0.3 is 0 Å². The molecule has 0 aromatic rings. The summed E-state index contributed by atoms with van der Waals surface area (Å²) in [6.45, 7) is 3.69. The van der Waals surface area contributed by atoms with Crippen LogP contribution in [0.5, 0.6) is 0 Å². The van der Waals surface area contributed by atoms with E-state index in [1.54, 1.807) is 11.8 Å². The molecule has 1 amide bonds. The number of rotatable bonds is 3. The second kappa shape index (κ2) is 9.55.